The summed E-state index contributed by atoms with van der Waals surface area (Å²) in [4.78, 5) is 21.3. The number of nitrogens with zero attached hydrogens (tertiary/aromatic N) is 4. The zero-order chi connectivity index (χ0) is 35.3. The van der Waals surface area contributed by atoms with Gasteiger partial charge in [-0.15, -0.1) is 27.8 Å². The minimum atomic E-state index is 0. The summed E-state index contributed by atoms with van der Waals surface area (Å²) in [5.41, 5.74) is 16.4. The quantitative estimate of drug-likeness (QED) is 0.133. The molecule has 257 valence electrons. The minimum Gasteiger partial charge on any atom is -0.657 e. The molecular formula is C49H30CuN4. The van der Waals surface area contributed by atoms with Crippen molar-refractivity contribution in [3.8, 4) is 33.4 Å². The van der Waals surface area contributed by atoms with Crippen molar-refractivity contribution in [2.24, 2.45) is 0 Å². The molecule has 5 heteroatoms. The predicted molar refractivity (Wildman–Crippen MR) is 222 cm³/mol. The van der Waals surface area contributed by atoms with Crippen LogP contribution in [0.4, 0.5) is 0 Å². The number of rotatable bonds is 4. The van der Waals surface area contributed by atoms with Gasteiger partial charge in [0, 0.05) is 0 Å². The number of aromatic nitrogens is 4. The Kier molecular flexibility index (Phi) is 8.38. The van der Waals surface area contributed by atoms with Gasteiger partial charge in [-0.05, 0) is 103 Å². The Morgan fingerprint density at radius 1 is 0.426 bits per heavy atom. The first-order valence-electron chi connectivity index (χ1n) is 17.7. The van der Waals surface area contributed by atoms with Crippen LogP contribution in [0.15, 0.2) is 152 Å². The van der Waals surface area contributed by atoms with E-state index in [-0.39, 0.29) is 17.1 Å². The standard InChI is InChI=1S/C49H30N4.Cu/c1-2-10-38-39-21-23-43(50-39)48(36-19-17-31-11-6-8-15-34(31)29-36)45-27-25-41(52-45)47(33-13-4-3-5-14-33)42-26-28-46(53-42)49(44-24-22-40(38)51-44)37-20-18-32-12-7-9-16-35(32)30-37;/h3-30H,1H2;/q-2;+2. The second-order valence-corrected chi connectivity index (χ2v) is 13.2. The van der Waals surface area contributed by atoms with Gasteiger partial charge in [-0.2, -0.15) is 0 Å². The number of fused-ring (bicyclic) bond motifs is 10. The van der Waals surface area contributed by atoms with Crippen LogP contribution in [0.5, 0.6) is 0 Å². The molecule has 0 aliphatic carbocycles. The smallest absolute Gasteiger partial charge is 0.657 e. The Morgan fingerprint density at radius 2 is 0.852 bits per heavy atom. The Morgan fingerprint density at radius 3 is 1.39 bits per heavy atom. The minimum absolute atomic E-state index is 0. The largest absolute Gasteiger partial charge is 2.00 e. The molecule has 4 nitrogen and oxygen atoms in total. The van der Waals surface area contributed by atoms with Crippen molar-refractivity contribution >= 4 is 74.0 Å². The Balaban J connectivity index is 0.00000384. The maximum Gasteiger partial charge on any atom is 2.00 e. The molecule has 54 heavy (non-hydrogen) atoms. The summed E-state index contributed by atoms with van der Waals surface area (Å²) in [6, 6.07) is 48.7. The molecule has 0 unspecified atom stereocenters. The average Bonchev–Trinajstić information content (AvgIpc) is 4.05. The maximum atomic E-state index is 5.37. The summed E-state index contributed by atoms with van der Waals surface area (Å²) in [5, 5.41) is 4.67. The number of hydrogen-bond acceptors (Lipinski definition) is 2. The van der Waals surface area contributed by atoms with Gasteiger partial charge in [-0.3, -0.25) is 0 Å². The average molecular weight is 738 g/mol. The predicted octanol–water partition coefficient (Wildman–Crippen LogP) is 12.0. The van der Waals surface area contributed by atoms with E-state index < -0.39 is 0 Å². The second kappa shape index (κ2) is 13.7. The fourth-order valence-corrected chi connectivity index (χ4v) is 7.54. The van der Waals surface area contributed by atoms with E-state index >= 15 is 0 Å². The van der Waals surface area contributed by atoms with E-state index in [1.807, 2.05) is 12.1 Å². The molecule has 0 amide bonds. The summed E-state index contributed by atoms with van der Waals surface area (Å²) in [6.45, 7) is 3.93. The van der Waals surface area contributed by atoms with Crippen LogP contribution >= 0.6 is 0 Å². The third kappa shape index (κ3) is 5.74. The van der Waals surface area contributed by atoms with Crippen LogP contribution < -0.4 is 9.97 Å². The van der Waals surface area contributed by atoms with E-state index in [1.54, 1.807) is 0 Å². The van der Waals surface area contributed by atoms with Crippen LogP contribution in [-0.2, 0) is 17.1 Å². The molecule has 0 fully saturated rings. The van der Waals surface area contributed by atoms with Gasteiger partial charge >= 0.3 is 17.1 Å². The van der Waals surface area contributed by atoms with Crippen LogP contribution in [0.3, 0.4) is 0 Å². The van der Waals surface area contributed by atoms with Gasteiger partial charge in [0.15, 0.2) is 0 Å². The van der Waals surface area contributed by atoms with E-state index in [0.717, 1.165) is 94.6 Å². The van der Waals surface area contributed by atoms with Crippen molar-refractivity contribution in [3.63, 3.8) is 0 Å². The van der Waals surface area contributed by atoms with Gasteiger partial charge in [0.2, 0.25) is 0 Å². The summed E-state index contributed by atoms with van der Waals surface area (Å²) in [7, 11) is 0. The van der Waals surface area contributed by atoms with E-state index in [4.69, 9.17) is 19.9 Å². The molecular weight excluding hydrogens is 708 g/mol. The molecule has 0 N–H and O–H groups in total. The van der Waals surface area contributed by atoms with E-state index in [9.17, 15) is 0 Å². The Hall–Kier alpha value is -6.74. The number of hydrogen-bond donors (Lipinski definition) is 0. The second-order valence-electron chi connectivity index (χ2n) is 13.2. The normalized spacial score (nSPS) is 11.8. The van der Waals surface area contributed by atoms with Crippen molar-refractivity contribution in [1.29, 1.82) is 0 Å². The molecule has 10 rings (SSSR count). The maximum absolute atomic E-state index is 5.37. The van der Waals surface area contributed by atoms with Gasteiger partial charge in [0.1, 0.15) is 0 Å². The monoisotopic (exact) mass is 737 g/mol. The first-order valence-corrected chi connectivity index (χ1v) is 17.7. The first kappa shape index (κ1) is 33.1. The van der Waals surface area contributed by atoms with Gasteiger partial charge in [-0.1, -0.05) is 134 Å². The van der Waals surface area contributed by atoms with Crippen molar-refractivity contribution < 1.29 is 17.1 Å². The van der Waals surface area contributed by atoms with Crippen molar-refractivity contribution in [2.75, 3.05) is 0 Å². The summed E-state index contributed by atoms with van der Waals surface area (Å²) in [5.74, 6) is 0. The van der Waals surface area contributed by atoms with Crippen LogP contribution in [0, 0.1) is 0 Å². The van der Waals surface area contributed by atoms with Crippen molar-refractivity contribution in [2.45, 2.75) is 0 Å². The molecule has 1 radical (unpaired) electrons. The zero-order valence-corrected chi connectivity index (χ0v) is 29.9. The van der Waals surface area contributed by atoms with Crippen LogP contribution in [-0.4, -0.2) is 9.97 Å². The third-order valence-corrected chi connectivity index (χ3v) is 10.0. The van der Waals surface area contributed by atoms with Crippen LogP contribution in [0.2, 0.25) is 0 Å². The molecule has 8 bridgehead atoms. The van der Waals surface area contributed by atoms with Gasteiger partial charge in [0.25, 0.3) is 0 Å². The van der Waals surface area contributed by atoms with E-state index in [1.165, 1.54) is 10.8 Å². The van der Waals surface area contributed by atoms with Crippen molar-refractivity contribution in [1.82, 2.24) is 19.9 Å². The van der Waals surface area contributed by atoms with Crippen LogP contribution in [0.1, 0.15) is 28.3 Å². The summed E-state index contributed by atoms with van der Waals surface area (Å²) < 4.78 is 0. The molecule has 5 heterocycles. The Labute approximate surface area is 323 Å². The number of benzene rings is 5. The fraction of sp³-hybridized carbons (Fsp3) is 0. The first-order chi connectivity index (χ1) is 26.2. The van der Waals surface area contributed by atoms with Gasteiger partial charge in [-0.25, -0.2) is 9.97 Å². The molecule has 0 atom stereocenters. The molecule has 0 spiro atoms. The van der Waals surface area contributed by atoms with Gasteiger partial charge in [0.05, 0.1) is 22.8 Å². The zero-order valence-electron chi connectivity index (χ0n) is 29.0. The molecule has 0 saturated heterocycles. The Bertz CT molecular complexity index is 2990. The molecule has 8 aromatic rings. The van der Waals surface area contributed by atoms with Gasteiger partial charge < -0.3 is 9.97 Å². The molecule has 5 aromatic carbocycles. The van der Waals surface area contributed by atoms with E-state index in [0.29, 0.717) is 0 Å². The SMILES string of the molecule is C=C=Cc1c2nc(c(-c3ccc4ccccc4c3)c3ccc([n-]3)c(-c3ccccc3)c3nc(c(-c4ccc5ccccc5c4)c4ccc1[n-]4)C=C3)C=C2.[Cu+2]. The molecule has 3 aromatic heterocycles. The summed E-state index contributed by atoms with van der Waals surface area (Å²) >= 11 is 0. The topological polar surface area (TPSA) is 54.0 Å². The molecule has 2 aliphatic heterocycles. The fourth-order valence-electron chi connectivity index (χ4n) is 7.54. The van der Waals surface area contributed by atoms with Crippen molar-refractivity contribution in [3.05, 3.63) is 180 Å². The molecule has 2 aliphatic rings. The summed E-state index contributed by atoms with van der Waals surface area (Å²) in [6.07, 6.45) is 10.2. The van der Waals surface area contributed by atoms with E-state index in [2.05, 4.69) is 170 Å². The molecule has 0 saturated carbocycles. The third-order valence-electron chi connectivity index (χ3n) is 10.0. The van der Waals surface area contributed by atoms with Crippen LogP contribution in [0.25, 0.3) is 107 Å².